The van der Waals surface area contributed by atoms with Gasteiger partial charge in [-0.05, 0) is 19.1 Å². The molecule has 1 aromatic carbocycles. The maximum absolute atomic E-state index is 11.1. The Kier molecular flexibility index (Phi) is 3.62. The first-order chi connectivity index (χ1) is 8.63. The fourth-order valence-electron chi connectivity index (χ4n) is 1.95. The van der Waals surface area contributed by atoms with E-state index in [9.17, 15) is 4.79 Å². The summed E-state index contributed by atoms with van der Waals surface area (Å²) in [5.41, 5.74) is 2.04. The van der Waals surface area contributed by atoms with Gasteiger partial charge < -0.3 is 9.30 Å². The highest BCUT2D eigenvalue weighted by atomic mass is 16.5. The molecule has 2 aromatic rings. The van der Waals surface area contributed by atoms with E-state index in [2.05, 4.69) is 15.0 Å². The molecule has 5 nitrogen and oxygen atoms in total. The average Bonchev–Trinajstić information content (AvgIpc) is 2.73. The second-order valence-electron chi connectivity index (χ2n) is 4.20. The van der Waals surface area contributed by atoms with Crippen molar-refractivity contribution in [1.82, 2.24) is 14.9 Å². The lowest BCUT2D eigenvalue weighted by atomic mass is 10.3. The number of para-hydroxylation sites is 2. The molecule has 0 amide bonds. The van der Waals surface area contributed by atoms with Gasteiger partial charge in [0.1, 0.15) is 5.82 Å². The van der Waals surface area contributed by atoms with E-state index in [0.717, 1.165) is 16.9 Å². The van der Waals surface area contributed by atoms with E-state index in [-0.39, 0.29) is 18.6 Å². The van der Waals surface area contributed by atoms with E-state index in [1.807, 2.05) is 42.8 Å². The topological polar surface area (TPSA) is 56.1 Å². The minimum Gasteiger partial charge on any atom is -0.468 e. The Morgan fingerprint density at radius 2 is 2.22 bits per heavy atom. The molecule has 0 saturated carbocycles. The molecule has 0 bridgehead atoms. The molecule has 18 heavy (non-hydrogen) atoms. The molecule has 0 spiro atoms. The van der Waals surface area contributed by atoms with Gasteiger partial charge in [-0.1, -0.05) is 12.1 Å². The first-order valence-corrected chi connectivity index (χ1v) is 5.85. The quantitative estimate of drug-likeness (QED) is 0.830. The van der Waals surface area contributed by atoms with Crippen molar-refractivity contribution in [2.45, 2.75) is 13.0 Å². The number of aromatic nitrogens is 2. The molecule has 1 aromatic heterocycles. The van der Waals surface area contributed by atoms with Gasteiger partial charge in [0.15, 0.2) is 0 Å². The van der Waals surface area contributed by atoms with Crippen molar-refractivity contribution in [1.29, 1.82) is 0 Å². The Hall–Kier alpha value is -1.88. The van der Waals surface area contributed by atoms with Crippen LogP contribution in [0.25, 0.3) is 11.0 Å². The minimum absolute atomic E-state index is 0.0125. The number of methoxy groups -OCH3 is 1. The van der Waals surface area contributed by atoms with E-state index in [1.54, 1.807) is 0 Å². The van der Waals surface area contributed by atoms with Crippen LogP contribution in [0.1, 0.15) is 18.8 Å². The lowest BCUT2D eigenvalue weighted by molar-refractivity contribution is -0.139. The molecule has 1 unspecified atom stereocenters. The number of imidazole rings is 1. The number of esters is 1. The van der Waals surface area contributed by atoms with Gasteiger partial charge in [-0.3, -0.25) is 10.1 Å². The zero-order chi connectivity index (χ0) is 13.1. The average molecular weight is 247 g/mol. The third-order valence-corrected chi connectivity index (χ3v) is 2.99. The van der Waals surface area contributed by atoms with E-state index in [4.69, 9.17) is 0 Å². The molecular weight excluding hydrogens is 230 g/mol. The van der Waals surface area contributed by atoms with Crippen LogP contribution in [-0.4, -0.2) is 29.2 Å². The van der Waals surface area contributed by atoms with Gasteiger partial charge in [0.05, 0.1) is 30.7 Å². The normalized spacial score (nSPS) is 12.6. The monoisotopic (exact) mass is 247 g/mol. The molecule has 0 aliphatic carbocycles. The number of rotatable bonds is 4. The Balaban J connectivity index is 2.20. The maximum Gasteiger partial charge on any atom is 0.319 e. The lowest BCUT2D eigenvalue weighted by Crippen LogP contribution is -2.28. The number of nitrogens with one attached hydrogen (secondary N) is 1. The van der Waals surface area contributed by atoms with Crippen molar-refractivity contribution in [3.05, 3.63) is 30.1 Å². The summed E-state index contributed by atoms with van der Waals surface area (Å²) < 4.78 is 6.63. The van der Waals surface area contributed by atoms with Crippen molar-refractivity contribution < 1.29 is 9.53 Å². The highest BCUT2D eigenvalue weighted by molar-refractivity contribution is 5.76. The minimum atomic E-state index is -0.277. The summed E-state index contributed by atoms with van der Waals surface area (Å²) in [6.45, 7) is 2.16. The fourth-order valence-corrected chi connectivity index (χ4v) is 1.95. The zero-order valence-electron chi connectivity index (χ0n) is 10.8. The number of ether oxygens (including phenoxy) is 1. The van der Waals surface area contributed by atoms with Crippen LogP contribution in [0.4, 0.5) is 0 Å². The fraction of sp³-hybridized carbons (Fsp3) is 0.385. The van der Waals surface area contributed by atoms with Crippen molar-refractivity contribution in [3.8, 4) is 0 Å². The van der Waals surface area contributed by atoms with Crippen LogP contribution in [0.5, 0.6) is 0 Å². The predicted molar refractivity (Wildman–Crippen MR) is 69.1 cm³/mol. The number of nitrogens with zero attached hydrogens (tertiary/aromatic N) is 2. The van der Waals surface area contributed by atoms with Gasteiger partial charge in [0.2, 0.25) is 0 Å². The maximum atomic E-state index is 11.1. The highest BCUT2D eigenvalue weighted by Gasteiger charge is 2.14. The van der Waals surface area contributed by atoms with Gasteiger partial charge in [0, 0.05) is 7.05 Å². The third kappa shape index (κ3) is 2.36. The SMILES string of the molecule is COC(=O)CNC(C)c1nc2ccccc2n1C. The molecule has 1 atom stereocenters. The van der Waals surface area contributed by atoms with Crippen molar-refractivity contribution in [2.75, 3.05) is 13.7 Å². The molecule has 96 valence electrons. The first-order valence-electron chi connectivity index (χ1n) is 5.85. The van der Waals surface area contributed by atoms with Crippen molar-refractivity contribution in [3.63, 3.8) is 0 Å². The third-order valence-electron chi connectivity index (χ3n) is 2.99. The van der Waals surface area contributed by atoms with Crippen LogP contribution < -0.4 is 5.32 Å². The summed E-state index contributed by atoms with van der Waals surface area (Å²) in [5.74, 6) is 0.626. The molecule has 5 heteroatoms. The molecule has 0 radical (unpaired) electrons. The van der Waals surface area contributed by atoms with Crippen LogP contribution in [0.3, 0.4) is 0 Å². The Bertz CT molecular complexity index is 562. The van der Waals surface area contributed by atoms with Gasteiger partial charge in [0.25, 0.3) is 0 Å². The summed E-state index contributed by atoms with van der Waals surface area (Å²) in [4.78, 5) is 15.7. The summed E-state index contributed by atoms with van der Waals surface area (Å²) in [7, 11) is 3.35. The smallest absolute Gasteiger partial charge is 0.319 e. The Morgan fingerprint density at radius 1 is 1.50 bits per heavy atom. The van der Waals surface area contributed by atoms with E-state index in [1.165, 1.54) is 7.11 Å². The molecule has 1 N–H and O–H groups in total. The van der Waals surface area contributed by atoms with Crippen LogP contribution in [0, 0.1) is 0 Å². The van der Waals surface area contributed by atoms with E-state index < -0.39 is 0 Å². The van der Waals surface area contributed by atoms with Crippen molar-refractivity contribution in [2.24, 2.45) is 7.05 Å². The molecule has 0 fully saturated rings. The van der Waals surface area contributed by atoms with Crippen LogP contribution in [0.2, 0.25) is 0 Å². The molecular formula is C13H17N3O2. The second kappa shape index (κ2) is 5.18. The van der Waals surface area contributed by atoms with Crippen molar-refractivity contribution >= 4 is 17.0 Å². The molecule has 0 aliphatic heterocycles. The van der Waals surface area contributed by atoms with Gasteiger partial charge >= 0.3 is 5.97 Å². The summed E-state index contributed by atoms with van der Waals surface area (Å²) in [6, 6.07) is 7.94. The summed E-state index contributed by atoms with van der Waals surface area (Å²) in [6.07, 6.45) is 0. The molecule has 0 saturated heterocycles. The standard InChI is InChI=1S/C13H17N3O2/c1-9(14-8-12(17)18-3)13-15-10-6-4-5-7-11(10)16(13)2/h4-7,9,14H,8H2,1-3H3. The zero-order valence-corrected chi connectivity index (χ0v) is 10.8. The molecule has 0 aliphatic rings. The summed E-state index contributed by atoms with van der Waals surface area (Å²) in [5, 5.41) is 3.09. The number of carbonyl (C=O) groups excluding carboxylic acids is 1. The van der Waals surface area contributed by atoms with Gasteiger partial charge in [-0.15, -0.1) is 0 Å². The molecule has 1 heterocycles. The highest BCUT2D eigenvalue weighted by Crippen LogP contribution is 2.18. The van der Waals surface area contributed by atoms with Crippen LogP contribution in [0.15, 0.2) is 24.3 Å². The molecule has 2 rings (SSSR count). The largest absolute Gasteiger partial charge is 0.468 e. The number of benzene rings is 1. The second-order valence-corrected chi connectivity index (χ2v) is 4.20. The number of aryl methyl sites for hydroxylation is 1. The van der Waals surface area contributed by atoms with E-state index >= 15 is 0 Å². The number of hydrogen-bond donors (Lipinski definition) is 1. The van der Waals surface area contributed by atoms with Gasteiger partial charge in [-0.2, -0.15) is 0 Å². The number of hydrogen-bond acceptors (Lipinski definition) is 4. The Morgan fingerprint density at radius 3 is 2.89 bits per heavy atom. The van der Waals surface area contributed by atoms with E-state index in [0.29, 0.717) is 0 Å². The summed E-state index contributed by atoms with van der Waals surface area (Å²) >= 11 is 0. The van der Waals surface area contributed by atoms with Gasteiger partial charge in [-0.25, -0.2) is 4.98 Å². The number of fused-ring (bicyclic) bond motifs is 1. The first kappa shape index (κ1) is 12.6. The number of carbonyl (C=O) groups is 1. The lowest BCUT2D eigenvalue weighted by Gasteiger charge is -2.12. The Labute approximate surface area is 106 Å². The predicted octanol–water partition coefficient (Wildman–Crippen LogP) is 1.40. The van der Waals surface area contributed by atoms with Crippen LogP contribution in [-0.2, 0) is 16.6 Å². The van der Waals surface area contributed by atoms with Crippen LogP contribution >= 0.6 is 0 Å².